The topological polar surface area (TPSA) is 104 Å². The molecule has 5 N–H and O–H groups in total. The lowest BCUT2D eigenvalue weighted by atomic mass is 10.1. The molecule has 6 heteroatoms. The van der Waals surface area contributed by atoms with Crippen LogP contribution < -0.4 is 16.6 Å². The van der Waals surface area contributed by atoms with Gasteiger partial charge in [0.2, 0.25) is 5.95 Å². The summed E-state index contributed by atoms with van der Waals surface area (Å²) in [6.07, 6.45) is 1.84. The van der Waals surface area contributed by atoms with Gasteiger partial charge in [-0.15, -0.1) is 0 Å². The van der Waals surface area contributed by atoms with Crippen LogP contribution in [0.5, 0.6) is 0 Å². The third kappa shape index (κ3) is 3.48. The fourth-order valence-electron chi connectivity index (χ4n) is 1.99. The molecule has 1 heterocycles. The van der Waals surface area contributed by atoms with E-state index in [9.17, 15) is 4.79 Å². The Balaban J connectivity index is 2.05. The third-order valence-corrected chi connectivity index (χ3v) is 3.21. The minimum atomic E-state index is -0.200. The van der Waals surface area contributed by atoms with Gasteiger partial charge >= 0.3 is 0 Å². The van der Waals surface area contributed by atoms with Gasteiger partial charge < -0.3 is 16.2 Å². The minimum absolute atomic E-state index is 0.200. The zero-order valence-electron chi connectivity index (χ0n) is 11.5. The molecular weight excluding hydrogens is 256 g/mol. The van der Waals surface area contributed by atoms with Crippen LogP contribution in [0, 0.1) is 5.92 Å². The van der Waals surface area contributed by atoms with E-state index in [0.29, 0.717) is 35.0 Å². The van der Waals surface area contributed by atoms with Gasteiger partial charge in [-0.25, -0.2) is 4.98 Å². The lowest BCUT2D eigenvalue weighted by molar-refractivity contribution is 0.229. The van der Waals surface area contributed by atoms with Crippen molar-refractivity contribution in [2.45, 2.75) is 19.8 Å². The Morgan fingerprint density at radius 2 is 2.30 bits per heavy atom. The van der Waals surface area contributed by atoms with Crippen molar-refractivity contribution in [1.29, 1.82) is 0 Å². The summed E-state index contributed by atoms with van der Waals surface area (Å²) in [5.74, 6) is 0.757. The molecule has 1 aromatic heterocycles. The summed E-state index contributed by atoms with van der Waals surface area (Å²) < 4.78 is 0. The summed E-state index contributed by atoms with van der Waals surface area (Å²) in [4.78, 5) is 19.0. The monoisotopic (exact) mass is 276 g/mol. The molecule has 0 bridgehead atoms. The molecule has 0 radical (unpaired) electrons. The highest BCUT2D eigenvalue weighted by molar-refractivity contribution is 5.81. The average Bonchev–Trinajstić information content (AvgIpc) is 2.44. The van der Waals surface area contributed by atoms with E-state index >= 15 is 0 Å². The fourth-order valence-corrected chi connectivity index (χ4v) is 1.99. The van der Waals surface area contributed by atoms with E-state index in [1.165, 1.54) is 0 Å². The van der Waals surface area contributed by atoms with E-state index in [4.69, 9.17) is 10.8 Å². The Bertz CT molecular complexity index is 639. The van der Waals surface area contributed by atoms with E-state index in [1.807, 2.05) is 6.92 Å². The molecule has 0 aliphatic carbocycles. The number of fused-ring (bicyclic) bond motifs is 1. The van der Waals surface area contributed by atoms with Gasteiger partial charge in [0.05, 0.1) is 10.9 Å². The number of nitrogens with zero attached hydrogens (tertiary/aromatic N) is 1. The Labute approximate surface area is 117 Å². The molecule has 0 amide bonds. The van der Waals surface area contributed by atoms with E-state index in [1.54, 1.807) is 18.2 Å². The molecule has 0 saturated heterocycles. The quantitative estimate of drug-likeness (QED) is 0.470. The molecule has 1 aromatic carbocycles. The second kappa shape index (κ2) is 6.38. The molecule has 1 unspecified atom stereocenters. The van der Waals surface area contributed by atoms with Crippen LogP contribution in [0.15, 0.2) is 23.0 Å². The van der Waals surface area contributed by atoms with E-state index in [2.05, 4.69) is 15.3 Å². The summed E-state index contributed by atoms with van der Waals surface area (Å²) in [7, 11) is 0. The number of aliphatic hydroxyl groups excluding tert-OH is 1. The van der Waals surface area contributed by atoms with Gasteiger partial charge in [0, 0.05) is 18.8 Å². The number of rotatable bonds is 6. The first-order chi connectivity index (χ1) is 9.60. The van der Waals surface area contributed by atoms with Gasteiger partial charge in [0.25, 0.3) is 5.56 Å². The lowest BCUT2D eigenvalue weighted by Gasteiger charge is -2.09. The molecule has 1 atom stereocenters. The normalized spacial score (nSPS) is 12.5. The molecule has 0 aliphatic rings. The number of benzene rings is 1. The molecule has 108 valence electrons. The van der Waals surface area contributed by atoms with Crippen LogP contribution in [0.3, 0.4) is 0 Å². The van der Waals surface area contributed by atoms with Crippen molar-refractivity contribution in [3.8, 4) is 0 Å². The molecule has 0 spiro atoms. The van der Waals surface area contributed by atoms with Crippen molar-refractivity contribution in [1.82, 2.24) is 9.97 Å². The van der Waals surface area contributed by atoms with Crippen LogP contribution in [-0.4, -0.2) is 28.2 Å². The van der Waals surface area contributed by atoms with Crippen LogP contribution >= 0.6 is 0 Å². The van der Waals surface area contributed by atoms with Gasteiger partial charge in [-0.1, -0.05) is 6.92 Å². The second-order valence-electron chi connectivity index (χ2n) is 5.05. The van der Waals surface area contributed by atoms with Crippen molar-refractivity contribution in [3.63, 3.8) is 0 Å². The Hall–Kier alpha value is -2.08. The maximum atomic E-state index is 11.9. The number of nitrogen functional groups attached to an aromatic ring is 1. The first-order valence-electron chi connectivity index (χ1n) is 6.74. The standard InChI is InChI=1S/C14H20N4O2/c1-9(8-19)3-2-6-16-14-17-12-5-4-10(15)7-11(12)13(20)18-14/h4-5,7,9,19H,2-3,6,8,15H2,1H3,(H2,16,17,18,20). The van der Waals surface area contributed by atoms with Gasteiger partial charge in [0.1, 0.15) is 0 Å². The zero-order valence-corrected chi connectivity index (χ0v) is 11.5. The minimum Gasteiger partial charge on any atom is -0.399 e. The van der Waals surface area contributed by atoms with Gasteiger partial charge in [-0.3, -0.25) is 9.78 Å². The highest BCUT2D eigenvalue weighted by Crippen LogP contribution is 2.13. The van der Waals surface area contributed by atoms with Crippen molar-refractivity contribution in [2.75, 3.05) is 24.2 Å². The van der Waals surface area contributed by atoms with Crippen molar-refractivity contribution in [2.24, 2.45) is 5.92 Å². The smallest absolute Gasteiger partial charge is 0.260 e. The molecule has 6 nitrogen and oxygen atoms in total. The van der Waals surface area contributed by atoms with Gasteiger partial charge in [0.15, 0.2) is 0 Å². The van der Waals surface area contributed by atoms with Gasteiger partial charge in [-0.05, 0) is 37.0 Å². The number of nitrogens with one attached hydrogen (secondary N) is 2. The SMILES string of the molecule is CC(CO)CCCNc1nc2ccc(N)cc2c(=O)[nH]1. The number of aromatic amines is 1. The maximum absolute atomic E-state index is 11.9. The second-order valence-corrected chi connectivity index (χ2v) is 5.05. The highest BCUT2D eigenvalue weighted by Gasteiger charge is 2.04. The maximum Gasteiger partial charge on any atom is 0.260 e. The molecule has 20 heavy (non-hydrogen) atoms. The van der Waals surface area contributed by atoms with Crippen molar-refractivity contribution < 1.29 is 5.11 Å². The largest absolute Gasteiger partial charge is 0.399 e. The predicted octanol–water partition coefficient (Wildman–Crippen LogP) is 1.33. The van der Waals surface area contributed by atoms with Crippen LogP contribution in [0.25, 0.3) is 10.9 Å². The molecule has 0 aliphatic heterocycles. The summed E-state index contributed by atoms with van der Waals surface area (Å²) in [6.45, 7) is 2.90. The number of hydrogen-bond donors (Lipinski definition) is 4. The lowest BCUT2D eigenvalue weighted by Crippen LogP contribution is -2.14. The van der Waals surface area contributed by atoms with E-state index < -0.39 is 0 Å². The Morgan fingerprint density at radius 1 is 1.50 bits per heavy atom. The number of hydrogen-bond acceptors (Lipinski definition) is 5. The third-order valence-electron chi connectivity index (χ3n) is 3.21. The molecular formula is C14H20N4O2. The Morgan fingerprint density at radius 3 is 3.05 bits per heavy atom. The van der Waals surface area contributed by atoms with Crippen molar-refractivity contribution >= 4 is 22.5 Å². The first kappa shape index (κ1) is 14.3. The van der Waals surface area contributed by atoms with Crippen LogP contribution in [0.4, 0.5) is 11.6 Å². The molecule has 2 rings (SSSR count). The summed E-state index contributed by atoms with van der Waals surface area (Å²) in [5.41, 5.74) is 6.62. The van der Waals surface area contributed by atoms with Gasteiger partial charge in [-0.2, -0.15) is 0 Å². The first-order valence-corrected chi connectivity index (χ1v) is 6.74. The molecule has 2 aromatic rings. The summed E-state index contributed by atoms with van der Waals surface area (Å²) >= 11 is 0. The zero-order chi connectivity index (χ0) is 14.5. The molecule has 0 fully saturated rings. The number of H-pyrrole nitrogens is 1. The fraction of sp³-hybridized carbons (Fsp3) is 0.429. The van der Waals surface area contributed by atoms with Crippen LogP contribution in [-0.2, 0) is 0 Å². The number of aliphatic hydroxyl groups is 1. The summed E-state index contributed by atoms with van der Waals surface area (Å²) in [5, 5.41) is 12.5. The highest BCUT2D eigenvalue weighted by atomic mass is 16.3. The van der Waals surface area contributed by atoms with E-state index in [0.717, 1.165) is 12.8 Å². The predicted molar refractivity (Wildman–Crippen MR) is 80.7 cm³/mol. The van der Waals surface area contributed by atoms with E-state index in [-0.39, 0.29) is 12.2 Å². The van der Waals surface area contributed by atoms with Crippen LogP contribution in [0.2, 0.25) is 0 Å². The number of anilines is 2. The van der Waals surface area contributed by atoms with Crippen molar-refractivity contribution in [3.05, 3.63) is 28.6 Å². The molecule has 0 saturated carbocycles. The number of aromatic nitrogens is 2. The number of nitrogens with two attached hydrogens (primary N) is 1. The average molecular weight is 276 g/mol. The summed E-state index contributed by atoms with van der Waals surface area (Å²) in [6, 6.07) is 5.08. The Kier molecular flexibility index (Phi) is 4.57. The van der Waals surface area contributed by atoms with Crippen LogP contribution in [0.1, 0.15) is 19.8 Å².